The summed E-state index contributed by atoms with van der Waals surface area (Å²) < 4.78 is 3.93. The van der Waals surface area contributed by atoms with E-state index in [1.165, 1.54) is 5.56 Å². The summed E-state index contributed by atoms with van der Waals surface area (Å²) in [6.07, 6.45) is 1.02. The largest absolute Gasteiger partial charge is 0.382 e. The SMILES string of the molecule is CCc1ccc(CNc2snc(N)c2C(N)=O)cc1. The molecule has 1 aromatic heterocycles. The summed E-state index contributed by atoms with van der Waals surface area (Å²) in [6, 6.07) is 8.29. The van der Waals surface area contributed by atoms with E-state index in [1.807, 2.05) is 0 Å². The van der Waals surface area contributed by atoms with E-state index in [-0.39, 0.29) is 11.4 Å². The summed E-state index contributed by atoms with van der Waals surface area (Å²) in [6.45, 7) is 2.72. The number of nitrogens with zero attached hydrogens (tertiary/aromatic N) is 1. The van der Waals surface area contributed by atoms with Gasteiger partial charge < -0.3 is 16.8 Å². The molecule has 5 nitrogen and oxygen atoms in total. The van der Waals surface area contributed by atoms with Gasteiger partial charge in [0.2, 0.25) is 0 Å². The van der Waals surface area contributed by atoms with Crippen LogP contribution in [0.5, 0.6) is 0 Å². The molecule has 1 aromatic carbocycles. The van der Waals surface area contributed by atoms with Gasteiger partial charge in [-0.2, -0.15) is 4.37 Å². The van der Waals surface area contributed by atoms with Crippen LogP contribution in [0.15, 0.2) is 24.3 Å². The van der Waals surface area contributed by atoms with Crippen LogP contribution in [0.25, 0.3) is 0 Å². The van der Waals surface area contributed by atoms with Crippen molar-refractivity contribution < 1.29 is 4.79 Å². The number of rotatable bonds is 5. The summed E-state index contributed by atoms with van der Waals surface area (Å²) >= 11 is 1.14. The molecular formula is C13H16N4OS. The van der Waals surface area contributed by atoms with Crippen LogP contribution in [-0.4, -0.2) is 10.3 Å². The molecule has 2 aromatic rings. The predicted molar refractivity (Wildman–Crippen MR) is 78.2 cm³/mol. The molecule has 0 unspecified atom stereocenters. The quantitative estimate of drug-likeness (QED) is 0.778. The van der Waals surface area contributed by atoms with Gasteiger partial charge in [0.15, 0.2) is 5.82 Å². The lowest BCUT2D eigenvalue weighted by Crippen LogP contribution is -2.14. The Labute approximate surface area is 115 Å². The third-order valence-electron chi connectivity index (χ3n) is 2.85. The van der Waals surface area contributed by atoms with Gasteiger partial charge in [0.1, 0.15) is 10.6 Å². The number of nitrogen functional groups attached to an aromatic ring is 1. The summed E-state index contributed by atoms with van der Waals surface area (Å²) in [5, 5.41) is 3.76. The van der Waals surface area contributed by atoms with Gasteiger partial charge >= 0.3 is 0 Å². The van der Waals surface area contributed by atoms with Crippen LogP contribution in [0.4, 0.5) is 10.8 Å². The molecule has 5 N–H and O–H groups in total. The number of aromatic nitrogens is 1. The molecule has 0 radical (unpaired) electrons. The average Bonchev–Trinajstić information content (AvgIpc) is 2.78. The van der Waals surface area contributed by atoms with Gasteiger partial charge in [-0.25, -0.2) is 0 Å². The van der Waals surface area contributed by atoms with E-state index >= 15 is 0 Å². The normalized spacial score (nSPS) is 10.4. The van der Waals surface area contributed by atoms with Crippen molar-refractivity contribution in [1.82, 2.24) is 4.37 Å². The summed E-state index contributed by atoms with van der Waals surface area (Å²) in [5.74, 6) is -0.378. The number of carbonyl (C=O) groups is 1. The van der Waals surface area contributed by atoms with E-state index < -0.39 is 5.91 Å². The van der Waals surface area contributed by atoms with Crippen LogP contribution in [0, 0.1) is 0 Å². The lowest BCUT2D eigenvalue weighted by atomic mass is 10.1. The van der Waals surface area contributed by atoms with Gasteiger partial charge in [-0.3, -0.25) is 4.79 Å². The molecule has 6 heteroatoms. The molecule has 0 fully saturated rings. The van der Waals surface area contributed by atoms with Gasteiger partial charge in [-0.15, -0.1) is 0 Å². The van der Waals surface area contributed by atoms with Gasteiger partial charge in [0.25, 0.3) is 5.91 Å². The number of aryl methyl sites for hydroxylation is 1. The first-order valence-electron chi connectivity index (χ1n) is 5.98. The van der Waals surface area contributed by atoms with Crippen molar-refractivity contribution in [1.29, 1.82) is 0 Å². The van der Waals surface area contributed by atoms with Crippen molar-refractivity contribution in [2.75, 3.05) is 11.1 Å². The molecule has 0 aliphatic rings. The second-order valence-electron chi connectivity index (χ2n) is 4.16. The second kappa shape index (κ2) is 5.71. The van der Waals surface area contributed by atoms with Crippen LogP contribution < -0.4 is 16.8 Å². The highest BCUT2D eigenvalue weighted by Gasteiger charge is 2.16. The second-order valence-corrected chi connectivity index (χ2v) is 4.93. The van der Waals surface area contributed by atoms with Gasteiger partial charge in [-0.1, -0.05) is 31.2 Å². The first-order chi connectivity index (χ1) is 9.11. The molecule has 1 heterocycles. The molecule has 0 aliphatic carbocycles. The molecular weight excluding hydrogens is 260 g/mol. The molecule has 0 saturated heterocycles. The number of hydrogen-bond acceptors (Lipinski definition) is 5. The van der Waals surface area contributed by atoms with Crippen LogP contribution >= 0.6 is 11.5 Å². The zero-order valence-corrected chi connectivity index (χ0v) is 11.5. The van der Waals surface area contributed by atoms with Gasteiger partial charge in [0.05, 0.1) is 0 Å². The molecule has 100 valence electrons. The fraction of sp³-hybridized carbons (Fsp3) is 0.231. The van der Waals surface area contributed by atoms with Crippen molar-refractivity contribution in [3.8, 4) is 0 Å². The zero-order valence-electron chi connectivity index (χ0n) is 10.6. The Kier molecular flexibility index (Phi) is 4.01. The Morgan fingerprint density at radius 1 is 1.32 bits per heavy atom. The first kappa shape index (κ1) is 13.4. The Bertz CT molecular complexity index is 577. The van der Waals surface area contributed by atoms with Gasteiger partial charge in [0, 0.05) is 6.54 Å². The average molecular weight is 276 g/mol. The lowest BCUT2D eigenvalue weighted by Gasteiger charge is -2.06. The molecule has 0 spiro atoms. The minimum absolute atomic E-state index is 0.182. The van der Waals surface area contributed by atoms with Crippen molar-refractivity contribution in [3.63, 3.8) is 0 Å². The zero-order chi connectivity index (χ0) is 13.8. The van der Waals surface area contributed by atoms with Crippen LogP contribution in [0.1, 0.15) is 28.4 Å². The maximum atomic E-state index is 11.3. The number of primary amides is 1. The molecule has 0 bridgehead atoms. The Balaban J connectivity index is 2.08. The molecule has 0 saturated carbocycles. The van der Waals surface area contributed by atoms with Crippen molar-refractivity contribution in [3.05, 3.63) is 41.0 Å². The van der Waals surface area contributed by atoms with Crippen LogP contribution in [0.3, 0.4) is 0 Å². The highest BCUT2D eigenvalue weighted by Crippen LogP contribution is 2.26. The monoisotopic (exact) mass is 276 g/mol. The maximum absolute atomic E-state index is 11.3. The van der Waals surface area contributed by atoms with E-state index in [0.717, 1.165) is 23.5 Å². The first-order valence-corrected chi connectivity index (χ1v) is 6.75. The molecule has 1 amide bonds. The van der Waals surface area contributed by atoms with E-state index in [9.17, 15) is 4.79 Å². The molecule has 0 atom stereocenters. The molecule has 19 heavy (non-hydrogen) atoms. The topological polar surface area (TPSA) is 94.0 Å². The Morgan fingerprint density at radius 3 is 2.53 bits per heavy atom. The predicted octanol–water partition coefficient (Wildman–Crippen LogP) is 2.00. The number of nitrogens with two attached hydrogens (primary N) is 2. The summed E-state index contributed by atoms with van der Waals surface area (Å²) in [7, 11) is 0. The lowest BCUT2D eigenvalue weighted by molar-refractivity contribution is 0.100. The van der Waals surface area contributed by atoms with E-state index in [2.05, 4.69) is 40.9 Å². The van der Waals surface area contributed by atoms with E-state index in [1.54, 1.807) is 0 Å². The van der Waals surface area contributed by atoms with Crippen molar-refractivity contribution in [2.45, 2.75) is 19.9 Å². The summed E-state index contributed by atoms with van der Waals surface area (Å²) in [5.41, 5.74) is 13.6. The molecule has 0 aliphatic heterocycles. The fourth-order valence-electron chi connectivity index (χ4n) is 1.74. The van der Waals surface area contributed by atoms with Crippen LogP contribution in [-0.2, 0) is 13.0 Å². The van der Waals surface area contributed by atoms with E-state index in [4.69, 9.17) is 11.5 Å². The number of benzene rings is 1. The van der Waals surface area contributed by atoms with Crippen molar-refractivity contribution in [2.24, 2.45) is 5.73 Å². The smallest absolute Gasteiger partial charge is 0.255 e. The number of hydrogen-bond donors (Lipinski definition) is 3. The highest BCUT2D eigenvalue weighted by atomic mass is 32.1. The summed E-state index contributed by atoms with van der Waals surface area (Å²) in [4.78, 5) is 11.3. The number of anilines is 2. The van der Waals surface area contributed by atoms with Crippen molar-refractivity contribution >= 4 is 28.3 Å². The number of nitrogens with one attached hydrogen (secondary N) is 1. The minimum atomic E-state index is -0.560. The van der Waals surface area contributed by atoms with Crippen LogP contribution in [0.2, 0.25) is 0 Å². The van der Waals surface area contributed by atoms with E-state index in [0.29, 0.717) is 11.5 Å². The fourth-order valence-corrected chi connectivity index (χ4v) is 2.45. The number of amides is 1. The number of carbonyl (C=O) groups excluding carboxylic acids is 1. The highest BCUT2D eigenvalue weighted by molar-refractivity contribution is 7.11. The van der Waals surface area contributed by atoms with Gasteiger partial charge in [-0.05, 0) is 29.1 Å². The third-order valence-corrected chi connectivity index (χ3v) is 3.67. The Hall–Kier alpha value is -2.08. The molecule has 2 rings (SSSR count). The maximum Gasteiger partial charge on any atom is 0.255 e. The minimum Gasteiger partial charge on any atom is -0.382 e. The standard InChI is InChI=1S/C13H16N4OS/c1-2-8-3-5-9(6-4-8)7-16-13-10(12(15)18)11(14)17-19-13/h3-6,16H,2,7H2,1H3,(H2,14,17)(H2,15,18). The Morgan fingerprint density at radius 2 is 1.95 bits per heavy atom. The third kappa shape index (κ3) is 3.03.